The van der Waals surface area contributed by atoms with E-state index in [2.05, 4.69) is 60.3 Å². The lowest BCUT2D eigenvalue weighted by molar-refractivity contribution is -0.120. The van der Waals surface area contributed by atoms with Gasteiger partial charge in [-0.3, -0.25) is 19.8 Å². The summed E-state index contributed by atoms with van der Waals surface area (Å²) in [5.74, 6) is 0.973. The number of nitrogens with one attached hydrogen (secondary N) is 1. The zero-order valence-electron chi connectivity index (χ0n) is 35.0. The molecule has 5 aromatic rings. The standard InChI is InChI=1S/C48H54FN9O4/c49-48(30-54-21-15-35(16-22-54)58-29-39(32-9-10-32)38-26-36(13-14-41(38)58)57-23-17-44(60)51-47(57)62)18-24-55(25-19-48)46(61)33-11-7-31(8-12-33)34-4-3-20-56(28-34)42-27-40(52-53-45(42)50)37-5-1-2-6-43(37)59/h1-2,5-8,11-14,26-27,29,32,34-35,59H,3-4,9-10,15-25,28,30H2,(H2,50,53)(H,51,60,62)/t34-/m0/s1. The largest absolute Gasteiger partial charge is 0.507 e. The lowest BCUT2D eigenvalue weighted by Gasteiger charge is -2.41. The third-order valence-corrected chi connectivity index (χ3v) is 14.0. The van der Waals surface area contributed by atoms with E-state index in [9.17, 15) is 19.5 Å². The first-order valence-electron chi connectivity index (χ1n) is 22.3. The van der Waals surface area contributed by atoms with Crippen LogP contribution in [0.5, 0.6) is 5.75 Å². The fraction of sp³-hybridized carbons (Fsp3) is 0.438. The number of nitrogens with two attached hydrogens (primary N) is 1. The van der Waals surface area contributed by atoms with E-state index in [1.165, 1.54) is 29.3 Å². The van der Waals surface area contributed by atoms with Gasteiger partial charge in [0.15, 0.2) is 5.82 Å². The number of para-hydroxylation sites is 1. The molecule has 0 spiro atoms. The molecule has 4 N–H and O–H groups in total. The topological polar surface area (TPSA) is 153 Å². The van der Waals surface area contributed by atoms with E-state index in [1.807, 2.05) is 36.4 Å². The maximum atomic E-state index is 16.5. The number of hydrogen-bond acceptors (Lipinski definition) is 9. The van der Waals surface area contributed by atoms with Crippen LogP contribution in [0.1, 0.15) is 97.1 Å². The Bertz CT molecular complexity index is 2510. The summed E-state index contributed by atoms with van der Waals surface area (Å²) < 4.78 is 18.9. The van der Waals surface area contributed by atoms with E-state index in [0.717, 1.165) is 68.8 Å². The maximum Gasteiger partial charge on any atom is 0.328 e. The van der Waals surface area contributed by atoms with E-state index in [4.69, 9.17) is 5.73 Å². The summed E-state index contributed by atoms with van der Waals surface area (Å²) in [6, 6.07) is 23.0. The fourth-order valence-corrected chi connectivity index (χ4v) is 10.3. The van der Waals surface area contributed by atoms with Gasteiger partial charge in [-0.1, -0.05) is 24.3 Å². The number of aromatic nitrogens is 3. The van der Waals surface area contributed by atoms with Crippen LogP contribution < -0.4 is 20.9 Å². The van der Waals surface area contributed by atoms with Gasteiger partial charge in [0.1, 0.15) is 11.4 Å². The van der Waals surface area contributed by atoms with E-state index >= 15 is 4.39 Å². The Balaban J connectivity index is 0.727. The number of aromatic hydroxyl groups is 1. The highest BCUT2D eigenvalue weighted by atomic mass is 19.1. The molecule has 6 heterocycles. The number of urea groups is 1. The number of nitrogens with zero attached hydrogens (tertiary/aromatic N) is 7. The minimum Gasteiger partial charge on any atom is -0.507 e. The number of fused-ring (bicyclic) bond motifs is 1. The molecule has 4 amide bonds. The molecule has 4 saturated heterocycles. The van der Waals surface area contributed by atoms with Crippen molar-refractivity contribution in [3.05, 3.63) is 95.7 Å². The molecule has 2 aromatic heterocycles. The van der Waals surface area contributed by atoms with Crippen LogP contribution in [-0.2, 0) is 4.79 Å². The molecular weight excluding hydrogens is 786 g/mol. The van der Waals surface area contributed by atoms with Gasteiger partial charge < -0.3 is 30.1 Å². The van der Waals surface area contributed by atoms with Crippen molar-refractivity contribution in [1.82, 2.24) is 29.9 Å². The monoisotopic (exact) mass is 839 g/mol. The van der Waals surface area contributed by atoms with Crippen molar-refractivity contribution in [2.45, 2.75) is 81.3 Å². The smallest absolute Gasteiger partial charge is 0.328 e. The molecule has 14 heteroatoms. The highest BCUT2D eigenvalue weighted by molar-refractivity contribution is 6.06. The number of phenols is 1. The SMILES string of the molecule is Nc1nnc(-c2ccccc2O)cc1N1CCC[C@H](c2ccc(C(=O)N3CCC(F)(CN4CCC(n5cc(C6CC6)c6cc(N7CCC(=O)NC7=O)ccc65)CC4)CC3)cc2)C1. The van der Waals surface area contributed by atoms with Crippen molar-refractivity contribution in [1.29, 1.82) is 0 Å². The number of phenolic OH excluding ortho intramolecular Hbond substituents is 1. The van der Waals surface area contributed by atoms with Crippen molar-refractivity contribution in [2.75, 3.05) is 67.9 Å². The molecule has 3 aromatic carbocycles. The first-order chi connectivity index (χ1) is 30.1. The van der Waals surface area contributed by atoms with Gasteiger partial charge in [-0.2, -0.15) is 0 Å². The number of benzene rings is 3. The molecule has 322 valence electrons. The molecule has 4 aliphatic heterocycles. The molecular formula is C48H54FN9O4. The van der Waals surface area contributed by atoms with Crippen LogP contribution in [0.4, 0.5) is 26.4 Å². The number of alkyl halides is 1. The average molecular weight is 840 g/mol. The summed E-state index contributed by atoms with van der Waals surface area (Å²) in [6.07, 6.45) is 9.44. The Kier molecular flexibility index (Phi) is 10.6. The van der Waals surface area contributed by atoms with Crippen molar-refractivity contribution in [2.24, 2.45) is 0 Å². The summed E-state index contributed by atoms with van der Waals surface area (Å²) in [5.41, 5.74) is 12.0. The highest BCUT2D eigenvalue weighted by Gasteiger charge is 2.39. The summed E-state index contributed by atoms with van der Waals surface area (Å²) in [7, 11) is 0. The number of hydrogen-bond donors (Lipinski definition) is 3. The van der Waals surface area contributed by atoms with E-state index in [0.29, 0.717) is 80.0 Å². The van der Waals surface area contributed by atoms with Crippen LogP contribution in [-0.4, -0.2) is 106 Å². The van der Waals surface area contributed by atoms with Crippen LogP contribution in [0, 0.1) is 0 Å². The molecule has 1 atom stereocenters. The van der Waals surface area contributed by atoms with E-state index < -0.39 is 5.67 Å². The van der Waals surface area contributed by atoms with Gasteiger partial charge in [-0.15, -0.1) is 10.2 Å². The van der Waals surface area contributed by atoms with Crippen molar-refractivity contribution < 1.29 is 23.9 Å². The van der Waals surface area contributed by atoms with Crippen molar-refractivity contribution >= 4 is 45.9 Å². The van der Waals surface area contributed by atoms with Crippen molar-refractivity contribution in [3.8, 4) is 17.0 Å². The van der Waals surface area contributed by atoms with Crippen LogP contribution in [0.25, 0.3) is 22.2 Å². The Morgan fingerprint density at radius 2 is 1.65 bits per heavy atom. The second kappa shape index (κ2) is 16.4. The zero-order chi connectivity index (χ0) is 42.5. The zero-order valence-corrected chi connectivity index (χ0v) is 35.0. The number of carbonyl (C=O) groups excluding carboxylic acids is 3. The number of piperidine rings is 3. The Labute approximate surface area is 360 Å². The van der Waals surface area contributed by atoms with Gasteiger partial charge in [0, 0.05) is 117 Å². The first-order valence-corrected chi connectivity index (χ1v) is 22.3. The molecule has 0 bridgehead atoms. The number of amides is 4. The predicted octanol–water partition coefficient (Wildman–Crippen LogP) is 7.38. The molecule has 1 saturated carbocycles. The number of nitrogen functional groups attached to an aromatic ring is 1. The van der Waals surface area contributed by atoms with Crippen LogP contribution in [0.2, 0.25) is 0 Å². The Morgan fingerprint density at radius 1 is 0.871 bits per heavy atom. The number of likely N-dealkylation sites (tertiary alicyclic amines) is 2. The number of rotatable bonds is 9. The van der Waals surface area contributed by atoms with Crippen molar-refractivity contribution in [3.63, 3.8) is 0 Å². The maximum absolute atomic E-state index is 16.5. The van der Waals surface area contributed by atoms with E-state index in [1.54, 1.807) is 21.9 Å². The molecule has 62 heavy (non-hydrogen) atoms. The second-order valence-electron chi connectivity index (χ2n) is 18.1. The fourth-order valence-electron chi connectivity index (χ4n) is 10.3. The molecule has 5 aliphatic rings. The van der Waals surface area contributed by atoms with Gasteiger partial charge in [-0.05, 0) is 104 Å². The number of carbonyl (C=O) groups is 3. The minimum atomic E-state index is -1.34. The molecule has 0 unspecified atom stereocenters. The summed E-state index contributed by atoms with van der Waals surface area (Å²) in [5, 5.41) is 22.5. The van der Waals surface area contributed by atoms with Gasteiger partial charge in [0.25, 0.3) is 5.91 Å². The molecule has 5 fully saturated rings. The summed E-state index contributed by atoms with van der Waals surface area (Å²) in [4.78, 5) is 46.0. The Morgan fingerprint density at radius 3 is 2.39 bits per heavy atom. The van der Waals surface area contributed by atoms with Crippen LogP contribution >= 0.6 is 0 Å². The van der Waals surface area contributed by atoms with Gasteiger partial charge in [0.05, 0.1) is 11.4 Å². The normalized spacial score (nSPS) is 21.4. The second-order valence-corrected chi connectivity index (χ2v) is 18.1. The third-order valence-electron chi connectivity index (χ3n) is 14.0. The van der Waals surface area contributed by atoms with Gasteiger partial charge >= 0.3 is 6.03 Å². The molecule has 10 rings (SSSR count). The molecule has 1 aliphatic carbocycles. The predicted molar refractivity (Wildman–Crippen MR) is 237 cm³/mol. The Hall–Kier alpha value is -6.02. The van der Waals surface area contributed by atoms with E-state index in [-0.39, 0.29) is 29.5 Å². The quantitative estimate of drug-likeness (QED) is 0.138. The van der Waals surface area contributed by atoms with Gasteiger partial charge in [-0.25, -0.2) is 9.18 Å². The first kappa shape index (κ1) is 40.1. The minimum absolute atomic E-state index is 0.0528. The molecule has 0 radical (unpaired) electrons. The van der Waals surface area contributed by atoms with Crippen LogP contribution in [0.3, 0.4) is 0 Å². The number of halogens is 1. The average Bonchev–Trinajstić information content (AvgIpc) is 4.07. The summed E-state index contributed by atoms with van der Waals surface area (Å²) >= 11 is 0. The molecule has 13 nitrogen and oxygen atoms in total. The van der Waals surface area contributed by atoms with Gasteiger partial charge in [0.2, 0.25) is 5.91 Å². The number of imide groups is 1. The highest BCUT2D eigenvalue weighted by Crippen LogP contribution is 2.46. The number of anilines is 3. The van der Waals surface area contributed by atoms with Crippen LogP contribution in [0.15, 0.2) is 79.0 Å². The lowest BCUT2D eigenvalue weighted by Crippen LogP contribution is -2.51. The third kappa shape index (κ3) is 7.96. The summed E-state index contributed by atoms with van der Waals surface area (Å²) in [6.45, 7) is 4.75. The lowest BCUT2D eigenvalue weighted by atomic mass is 9.89.